The fourth-order valence-electron chi connectivity index (χ4n) is 3.24. The molecule has 3 atom stereocenters. The van der Waals surface area contributed by atoms with Crippen LogP contribution in [0.4, 0.5) is 0 Å². The third kappa shape index (κ3) is 4.91. The van der Waals surface area contributed by atoms with E-state index in [-0.39, 0.29) is 30.8 Å². The van der Waals surface area contributed by atoms with Gasteiger partial charge < -0.3 is 5.11 Å². The highest BCUT2D eigenvalue weighted by atomic mass is 32.2. The summed E-state index contributed by atoms with van der Waals surface area (Å²) in [6, 6.07) is 5.58. The van der Waals surface area contributed by atoms with Crippen molar-refractivity contribution in [3.05, 3.63) is 28.8 Å². The Morgan fingerprint density at radius 1 is 1.42 bits per heavy atom. The van der Waals surface area contributed by atoms with E-state index in [1.807, 2.05) is 25.1 Å². The second-order valence-corrected chi connectivity index (χ2v) is 11.8. The number of aliphatic hydroxyl groups excluding tert-OH is 1. The maximum absolute atomic E-state index is 12.1. The average Bonchev–Trinajstić information content (AvgIpc) is 3.20. The molecule has 1 amide bonds. The number of benzene rings is 1. The lowest BCUT2D eigenvalue weighted by Gasteiger charge is -2.24. The number of thiazole rings is 1. The van der Waals surface area contributed by atoms with Gasteiger partial charge in [0.1, 0.15) is 4.75 Å². The molecule has 3 rings (SSSR count). The zero-order chi connectivity index (χ0) is 22.9. The van der Waals surface area contributed by atoms with Gasteiger partial charge in [-0.1, -0.05) is 11.8 Å². The van der Waals surface area contributed by atoms with E-state index in [0.717, 1.165) is 28.5 Å². The molecule has 1 aromatic heterocycles. The number of hydrogen-bond acceptors (Lipinski definition) is 7. The first kappa shape index (κ1) is 23.2. The van der Waals surface area contributed by atoms with Crippen molar-refractivity contribution in [1.82, 2.24) is 10.5 Å². The highest BCUT2D eigenvalue weighted by Crippen LogP contribution is 2.51. The Morgan fingerprint density at radius 3 is 2.77 bits per heavy atom. The molecule has 1 aromatic carbocycles. The lowest BCUT2D eigenvalue weighted by atomic mass is 10.0. The number of rotatable bonds is 6. The van der Waals surface area contributed by atoms with E-state index in [2.05, 4.69) is 28.7 Å². The number of carbonyl (C=O) groups is 1. The van der Waals surface area contributed by atoms with E-state index < -0.39 is 20.5 Å². The van der Waals surface area contributed by atoms with Crippen molar-refractivity contribution in [2.24, 2.45) is 11.3 Å². The molecule has 31 heavy (non-hydrogen) atoms. The summed E-state index contributed by atoms with van der Waals surface area (Å²) in [4.78, 5) is 16.5. The van der Waals surface area contributed by atoms with E-state index in [1.54, 1.807) is 0 Å². The zero-order valence-electron chi connectivity index (χ0n) is 17.5. The number of nitrogens with zero attached hydrogens (tertiary/aromatic N) is 1. The maximum atomic E-state index is 12.1. The molecule has 1 unspecified atom stereocenters. The summed E-state index contributed by atoms with van der Waals surface area (Å²) in [6.07, 6.45) is 2.13. The average molecular weight is 461 g/mol. The summed E-state index contributed by atoms with van der Waals surface area (Å²) in [6.45, 7) is 3.46. The largest absolute Gasteiger partial charge is 0.396 e. The summed E-state index contributed by atoms with van der Waals surface area (Å²) in [7, 11) is -3.75. The molecule has 0 spiro atoms. The Kier molecular flexibility index (Phi) is 6.45. The zero-order valence-corrected chi connectivity index (χ0v) is 19.2. The molecule has 1 fully saturated rings. The number of nitrogens with one attached hydrogen (secondary N) is 1. The summed E-state index contributed by atoms with van der Waals surface area (Å²) < 4.78 is 23.3. The molecule has 164 valence electrons. The molecule has 7 nitrogen and oxygen atoms in total. The highest BCUT2D eigenvalue weighted by Gasteiger charge is 2.48. The van der Waals surface area contributed by atoms with E-state index >= 15 is 0 Å². The van der Waals surface area contributed by atoms with Crippen LogP contribution in [0.2, 0.25) is 0 Å². The van der Waals surface area contributed by atoms with Crippen molar-refractivity contribution >= 4 is 37.3 Å². The molecule has 0 saturated heterocycles. The number of aliphatic hydroxyl groups is 1. The number of carbonyl (C=O) groups excluding carboxylic acids is 1. The van der Waals surface area contributed by atoms with Crippen LogP contribution < -0.4 is 5.48 Å². The first-order valence-electron chi connectivity index (χ1n) is 9.70. The van der Waals surface area contributed by atoms with Crippen molar-refractivity contribution in [2.45, 2.75) is 37.9 Å². The number of hydroxylamine groups is 1. The second kappa shape index (κ2) is 8.60. The predicted molar refractivity (Wildman–Crippen MR) is 119 cm³/mol. The van der Waals surface area contributed by atoms with Crippen LogP contribution in [0.25, 0.3) is 10.2 Å². The van der Waals surface area contributed by atoms with Crippen LogP contribution in [0.3, 0.4) is 0 Å². The SMILES string of the molecule is CC1(C#CC#Cc2ccc3nc(CC[C@](C)(C(=O)NO)S(C)(=O)=O)sc3c2)C[C@H]1CO. The Bertz CT molecular complexity index is 1250. The minimum Gasteiger partial charge on any atom is -0.396 e. The number of hydrogen-bond donors (Lipinski definition) is 3. The number of fused-ring (bicyclic) bond motifs is 1. The minimum atomic E-state index is -3.75. The van der Waals surface area contributed by atoms with Crippen LogP contribution >= 0.6 is 11.3 Å². The number of sulfone groups is 1. The fourth-order valence-corrected chi connectivity index (χ4v) is 5.10. The van der Waals surface area contributed by atoms with Gasteiger partial charge >= 0.3 is 0 Å². The van der Waals surface area contributed by atoms with Crippen molar-refractivity contribution < 1.29 is 23.5 Å². The lowest BCUT2D eigenvalue weighted by Crippen LogP contribution is -2.49. The molecule has 0 aliphatic heterocycles. The number of aryl methyl sites for hydroxylation is 1. The molecular weight excluding hydrogens is 436 g/mol. The molecule has 2 aromatic rings. The monoisotopic (exact) mass is 460 g/mol. The van der Waals surface area contributed by atoms with Crippen LogP contribution in [0, 0.1) is 35.0 Å². The van der Waals surface area contributed by atoms with Crippen LogP contribution in [0.5, 0.6) is 0 Å². The van der Waals surface area contributed by atoms with Gasteiger partial charge in [0, 0.05) is 30.3 Å². The molecule has 9 heteroatoms. The topological polar surface area (TPSA) is 117 Å². The molecule has 3 N–H and O–H groups in total. The lowest BCUT2D eigenvalue weighted by molar-refractivity contribution is -0.131. The van der Waals surface area contributed by atoms with Gasteiger partial charge in [0.2, 0.25) is 0 Å². The molecule has 1 heterocycles. The molecule has 1 aliphatic rings. The normalized spacial score (nSPS) is 21.9. The van der Waals surface area contributed by atoms with Gasteiger partial charge in [-0.2, -0.15) is 0 Å². The van der Waals surface area contributed by atoms with Crippen molar-refractivity contribution in [3.8, 4) is 23.7 Å². The van der Waals surface area contributed by atoms with Gasteiger partial charge in [-0.15, -0.1) is 11.3 Å². The number of aromatic nitrogens is 1. The summed E-state index contributed by atoms with van der Waals surface area (Å²) in [5, 5.41) is 18.8. The first-order valence-corrected chi connectivity index (χ1v) is 12.4. The molecule has 1 aliphatic carbocycles. The van der Waals surface area contributed by atoms with Crippen LogP contribution in [0.15, 0.2) is 18.2 Å². The van der Waals surface area contributed by atoms with E-state index in [1.165, 1.54) is 23.7 Å². The summed E-state index contributed by atoms with van der Waals surface area (Å²) in [5.41, 5.74) is 2.87. The fraction of sp³-hybridized carbons (Fsp3) is 0.455. The Morgan fingerprint density at radius 2 is 2.16 bits per heavy atom. The maximum Gasteiger partial charge on any atom is 0.264 e. The molecule has 1 saturated carbocycles. The summed E-state index contributed by atoms with van der Waals surface area (Å²) >= 11 is 1.41. The van der Waals surface area contributed by atoms with Gasteiger partial charge in [-0.05, 0) is 62.6 Å². The Hall–Kier alpha value is -2.43. The molecule has 0 bridgehead atoms. The second-order valence-electron chi connectivity index (χ2n) is 8.24. The van der Waals surface area contributed by atoms with Gasteiger partial charge in [0.05, 0.1) is 15.2 Å². The molecule has 0 radical (unpaired) electrons. The quantitative estimate of drug-likeness (QED) is 0.344. The third-order valence-electron chi connectivity index (χ3n) is 5.90. The van der Waals surface area contributed by atoms with E-state index in [4.69, 9.17) is 5.21 Å². The van der Waals surface area contributed by atoms with Crippen LogP contribution in [-0.2, 0) is 21.1 Å². The predicted octanol–water partition coefficient (Wildman–Crippen LogP) is 1.91. The highest BCUT2D eigenvalue weighted by molar-refractivity contribution is 7.92. The standard InChI is InChI=1S/C22H24N2O5S2/c1-21(13-16(21)14-25)10-5-4-6-15-7-8-17-18(12-15)30-19(23-17)9-11-22(2,20(26)24-27)31(3,28)29/h7-8,12,16,25,27H,9,11,13-14H2,1-3H3,(H,24,26)/t16-,21?,22+/m0/s1. The van der Waals surface area contributed by atoms with Crippen LogP contribution in [0.1, 0.15) is 37.3 Å². The van der Waals surface area contributed by atoms with Crippen LogP contribution in [-0.4, -0.2) is 47.2 Å². The Labute approximate surface area is 185 Å². The van der Waals surface area contributed by atoms with Gasteiger partial charge in [0.15, 0.2) is 9.84 Å². The van der Waals surface area contributed by atoms with E-state index in [0.29, 0.717) is 5.01 Å². The van der Waals surface area contributed by atoms with Crippen molar-refractivity contribution in [3.63, 3.8) is 0 Å². The molecular formula is C22H24N2O5S2. The Balaban J connectivity index is 1.74. The van der Waals surface area contributed by atoms with Gasteiger partial charge in [-0.3, -0.25) is 10.0 Å². The first-order chi connectivity index (χ1) is 14.5. The smallest absolute Gasteiger partial charge is 0.264 e. The van der Waals surface area contributed by atoms with Crippen molar-refractivity contribution in [2.75, 3.05) is 12.9 Å². The minimum absolute atomic E-state index is 0.00605. The van der Waals surface area contributed by atoms with Crippen molar-refractivity contribution in [1.29, 1.82) is 0 Å². The van der Waals surface area contributed by atoms with E-state index in [9.17, 15) is 18.3 Å². The van der Waals surface area contributed by atoms with Gasteiger partial charge in [0.25, 0.3) is 5.91 Å². The van der Waals surface area contributed by atoms with Gasteiger partial charge in [-0.25, -0.2) is 18.9 Å². The summed E-state index contributed by atoms with van der Waals surface area (Å²) in [5.74, 6) is 11.1. The third-order valence-corrected chi connectivity index (χ3v) is 9.00. The number of amides is 1.